The van der Waals surface area contributed by atoms with E-state index in [4.69, 9.17) is 16.3 Å². The Kier molecular flexibility index (Phi) is 6.03. The van der Waals surface area contributed by atoms with Crippen LogP contribution in [0.2, 0.25) is 5.02 Å². The number of halogens is 2. The standard InChI is InChI=1S/C16H16ClNO2S.BrH/c1-20-16(19)15(12-4-2-3-5-13(12)17)18-8-6-14-11(10-18)7-9-21-14;/h2-5,7,9,15H,6,8,10H2,1H3;1H/t15-;/m1./s1. The molecule has 1 aromatic carbocycles. The van der Waals surface area contributed by atoms with Crippen molar-refractivity contribution in [3.8, 4) is 0 Å². The number of benzene rings is 1. The average molecular weight is 403 g/mol. The first-order chi connectivity index (χ1) is 10.2. The fraction of sp³-hybridized carbons (Fsp3) is 0.312. The van der Waals surface area contributed by atoms with Crippen LogP contribution in [-0.4, -0.2) is 24.5 Å². The molecule has 0 bridgehead atoms. The number of hydrogen-bond donors (Lipinski definition) is 0. The zero-order valence-electron chi connectivity index (χ0n) is 12.1. The largest absolute Gasteiger partial charge is 0.468 e. The van der Waals surface area contributed by atoms with Crippen LogP contribution in [0.15, 0.2) is 35.7 Å². The van der Waals surface area contributed by atoms with Gasteiger partial charge in [0.2, 0.25) is 0 Å². The minimum absolute atomic E-state index is 0. The molecule has 3 rings (SSSR count). The van der Waals surface area contributed by atoms with Crippen LogP contribution in [0.1, 0.15) is 22.0 Å². The van der Waals surface area contributed by atoms with Crippen LogP contribution in [0.3, 0.4) is 0 Å². The maximum absolute atomic E-state index is 12.3. The van der Waals surface area contributed by atoms with Crippen molar-refractivity contribution in [2.75, 3.05) is 13.7 Å². The molecule has 0 aliphatic carbocycles. The van der Waals surface area contributed by atoms with Gasteiger partial charge in [-0.1, -0.05) is 29.8 Å². The van der Waals surface area contributed by atoms with E-state index >= 15 is 0 Å². The summed E-state index contributed by atoms with van der Waals surface area (Å²) in [6.07, 6.45) is 0.963. The van der Waals surface area contributed by atoms with Gasteiger partial charge in [0.15, 0.2) is 0 Å². The second-order valence-corrected chi connectivity index (χ2v) is 6.44. The van der Waals surface area contributed by atoms with Crippen LogP contribution in [-0.2, 0) is 22.5 Å². The molecule has 2 heterocycles. The van der Waals surface area contributed by atoms with Crippen LogP contribution in [0.5, 0.6) is 0 Å². The minimum Gasteiger partial charge on any atom is -0.468 e. The lowest BCUT2D eigenvalue weighted by atomic mass is 10.0. The Morgan fingerprint density at radius 2 is 2.14 bits per heavy atom. The first kappa shape index (κ1) is 17.5. The van der Waals surface area contributed by atoms with Crippen molar-refractivity contribution in [1.82, 2.24) is 4.90 Å². The van der Waals surface area contributed by atoms with Crippen molar-refractivity contribution in [2.45, 2.75) is 19.0 Å². The number of fused-ring (bicyclic) bond motifs is 1. The molecule has 0 fully saturated rings. The zero-order valence-corrected chi connectivity index (χ0v) is 15.4. The molecule has 0 spiro atoms. The number of carbonyl (C=O) groups is 1. The second kappa shape index (κ2) is 7.59. The van der Waals surface area contributed by atoms with Crippen molar-refractivity contribution in [2.24, 2.45) is 0 Å². The zero-order chi connectivity index (χ0) is 14.8. The van der Waals surface area contributed by atoms with Crippen LogP contribution >= 0.6 is 39.9 Å². The van der Waals surface area contributed by atoms with E-state index in [0.29, 0.717) is 5.02 Å². The molecule has 6 heteroatoms. The Morgan fingerprint density at radius 3 is 2.86 bits per heavy atom. The van der Waals surface area contributed by atoms with Gasteiger partial charge in [-0.15, -0.1) is 28.3 Å². The normalized spacial score (nSPS) is 15.5. The third kappa shape index (κ3) is 3.38. The van der Waals surface area contributed by atoms with Gasteiger partial charge < -0.3 is 4.74 Å². The first-order valence-electron chi connectivity index (χ1n) is 6.82. The van der Waals surface area contributed by atoms with Crippen LogP contribution in [0.25, 0.3) is 0 Å². The van der Waals surface area contributed by atoms with E-state index in [9.17, 15) is 4.79 Å². The average Bonchev–Trinajstić information content (AvgIpc) is 2.97. The number of nitrogens with zero attached hydrogens (tertiary/aromatic N) is 1. The molecular weight excluding hydrogens is 386 g/mol. The molecule has 2 aromatic rings. The number of rotatable bonds is 3. The summed E-state index contributed by atoms with van der Waals surface area (Å²) in [7, 11) is 1.42. The van der Waals surface area contributed by atoms with Gasteiger partial charge in [0.25, 0.3) is 0 Å². The Balaban J connectivity index is 0.00000176. The van der Waals surface area contributed by atoms with Gasteiger partial charge in [0, 0.05) is 23.0 Å². The summed E-state index contributed by atoms with van der Waals surface area (Å²) in [5.74, 6) is -0.262. The summed E-state index contributed by atoms with van der Waals surface area (Å²) in [6.45, 7) is 1.59. The van der Waals surface area contributed by atoms with Crippen LogP contribution < -0.4 is 0 Å². The van der Waals surface area contributed by atoms with E-state index in [-0.39, 0.29) is 23.0 Å². The lowest BCUT2D eigenvalue weighted by molar-refractivity contribution is -0.147. The van der Waals surface area contributed by atoms with Crippen LogP contribution in [0.4, 0.5) is 0 Å². The van der Waals surface area contributed by atoms with Gasteiger partial charge in [-0.25, -0.2) is 4.79 Å². The Bertz CT molecular complexity index is 661. The molecule has 1 aliphatic rings. The predicted molar refractivity (Wildman–Crippen MR) is 95.0 cm³/mol. The molecule has 0 saturated carbocycles. The molecule has 1 aliphatic heterocycles. The summed E-state index contributed by atoms with van der Waals surface area (Å²) in [5.41, 5.74) is 2.11. The van der Waals surface area contributed by atoms with E-state index in [1.165, 1.54) is 17.6 Å². The van der Waals surface area contributed by atoms with Crippen molar-refractivity contribution >= 4 is 45.9 Å². The second-order valence-electron chi connectivity index (χ2n) is 5.04. The van der Waals surface area contributed by atoms with E-state index in [1.807, 2.05) is 24.3 Å². The van der Waals surface area contributed by atoms with Crippen molar-refractivity contribution < 1.29 is 9.53 Å². The molecule has 3 nitrogen and oxygen atoms in total. The molecule has 22 heavy (non-hydrogen) atoms. The lowest BCUT2D eigenvalue weighted by Gasteiger charge is -2.33. The number of thiophene rings is 1. The van der Waals surface area contributed by atoms with Gasteiger partial charge in [0.05, 0.1) is 7.11 Å². The van der Waals surface area contributed by atoms with Gasteiger partial charge >= 0.3 is 5.97 Å². The van der Waals surface area contributed by atoms with Crippen molar-refractivity contribution in [1.29, 1.82) is 0 Å². The molecular formula is C16H17BrClNO2S. The monoisotopic (exact) mass is 401 g/mol. The molecule has 1 atom stereocenters. The maximum atomic E-state index is 12.3. The quantitative estimate of drug-likeness (QED) is 0.719. The third-order valence-electron chi connectivity index (χ3n) is 3.83. The molecule has 1 aromatic heterocycles. The topological polar surface area (TPSA) is 29.5 Å². The third-order valence-corrected chi connectivity index (χ3v) is 5.19. The molecule has 118 valence electrons. The van der Waals surface area contributed by atoms with Gasteiger partial charge in [-0.2, -0.15) is 0 Å². The number of esters is 1. The van der Waals surface area contributed by atoms with Gasteiger partial charge in [-0.3, -0.25) is 4.90 Å². The number of hydrogen-bond acceptors (Lipinski definition) is 4. The highest BCUT2D eigenvalue weighted by Crippen LogP contribution is 2.33. The summed E-state index contributed by atoms with van der Waals surface area (Å²) >= 11 is 8.07. The fourth-order valence-corrected chi connectivity index (χ4v) is 3.90. The van der Waals surface area contributed by atoms with Crippen molar-refractivity contribution in [3.05, 3.63) is 56.7 Å². The summed E-state index contributed by atoms with van der Waals surface area (Å²) in [6, 6.07) is 9.16. The number of methoxy groups -OCH3 is 1. The van der Waals surface area contributed by atoms with Gasteiger partial charge in [0.1, 0.15) is 6.04 Å². The fourth-order valence-electron chi connectivity index (χ4n) is 2.77. The van der Waals surface area contributed by atoms with E-state index < -0.39 is 6.04 Å². The smallest absolute Gasteiger partial charge is 0.327 e. The highest BCUT2D eigenvalue weighted by atomic mass is 79.9. The SMILES string of the molecule is Br.COC(=O)[C@@H](c1ccccc1Cl)N1CCc2sccc2C1. The summed E-state index contributed by atoms with van der Waals surface area (Å²) in [4.78, 5) is 15.8. The Hall–Kier alpha value is -0.880. The first-order valence-corrected chi connectivity index (χ1v) is 8.08. The molecule has 0 N–H and O–H groups in total. The molecule has 0 saturated heterocycles. The summed E-state index contributed by atoms with van der Waals surface area (Å²) < 4.78 is 5.01. The van der Waals surface area contributed by atoms with Gasteiger partial charge in [-0.05, 0) is 35.1 Å². The Labute approximate surface area is 149 Å². The van der Waals surface area contributed by atoms with E-state index in [0.717, 1.165) is 25.1 Å². The molecule has 0 radical (unpaired) electrons. The number of ether oxygens (including phenoxy) is 1. The molecule has 0 unspecified atom stereocenters. The van der Waals surface area contributed by atoms with Crippen LogP contribution in [0, 0.1) is 0 Å². The highest BCUT2D eigenvalue weighted by molar-refractivity contribution is 8.93. The number of carbonyl (C=O) groups excluding carboxylic acids is 1. The summed E-state index contributed by atoms with van der Waals surface area (Å²) in [5, 5.41) is 2.71. The molecule has 0 amide bonds. The Morgan fingerprint density at radius 1 is 1.36 bits per heavy atom. The minimum atomic E-state index is -0.447. The lowest BCUT2D eigenvalue weighted by Crippen LogP contribution is -2.38. The van der Waals surface area contributed by atoms with E-state index in [2.05, 4.69) is 16.3 Å². The predicted octanol–water partition coefficient (Wildman–Crippen LogP) is 4.25. The van der Waals surface area contributed by atoms with E-state index in [1.54, 1.807) is 11.3 Å². The highest BCUT2D eigenvalue weighted by Gasteiger charge is 2.32. The van der Waals surface area contributed by atoms with Crippen molar-refractivity contribution in [3.63, 3.8) is 0 Å². The maximum Gasteiger partial charge on any atom is 0.327 e.